The van der Waals surface area contributed by atoms with E-state index in [9.17, 15) is 0 Å². The Balaban J connectivity index is 1.90. The van der Waals surface area contributed by atoms with Gasteiger partial charge in [0.05, 0.1) is 12.3 Å². The average Bonchev–Trinajstić information content (AvgIpc) is 2.90. The van der Waals surface area contributed by atoms with Gasteiger partial charge in [-0.15, -0.1) is 0 Å². The van der Waals surface area contributed by atoms with E-state index >= 15 is 0 Å². The van der Waals surface area contributed by atoms with E-state index in [2.05, 4.69) is 50.4 Å². The van der Waals surface area contributed by atoms with Gasteiger partial charge < -0.3 is 9.73 Å². The van der Waals surface area contributed by atoms with Gasteiger partial charge >= 0.3 is 0 Å². The zero-order chi connectivity index (χ0) is 13.0. The van der Waals surface area contributed by atoms with Crippen molar-refractivity contribution in [3.63, 3.8) is 0 Å². The van der Waals surface area contributed by atoms with E-state index in [1.165, 1.54) is 11.1 Å². The molecule has 0 bridgehead atoms. The molecule has 18 heavy (non-hydrogen) atoms. The van der Waals surface area contributed by atoms with Gasteiger partial charge in [-0.3, -0.25) is 0 Å². The predicted molar refractivity (Wildman–Crippen MR) is 74.5 cm³/mol. The molecule has 0 spiro atoms. The monoisotopic (exact) mass is 243 g/mol. The quantitative estimate of drug-likeness (QED) is 0.849. The zero-order valence-corrected chi connectivity index (χ0v) is 11.3. The summed E-state index contributed by atoms with van der Waals surface area (Å²) in [6.07, 6.45) is 1.71. The Bertz CT molecular complexity index is 456. The molecule has 0 amide bonds. The minimum Gasteiger partial charge on any atom is -0.468 e. The molecular weight excluding hydrogens is 222 g/mol. The second-order valence-corrected chi connectivity index (χ2v) is 5.01. The first-order valence-corrected chi connectivity index (χ1v) is 6.52. The maximum atomic E-state index is 5.37. The summed E-state index contributed by atoms with van der Waals surface area (Å²) in [5.41, 5.74) is 2.69. The maximum absolute atomic E-state index is 5.37. The molecular formula is C16H21NO. The highest BCUT2D eigenvalue weighted by Gasteiger charge is 2.07. The third-order valence-electron chi connectivity index (χ3n) is 3.23. The molecule has 96 valence electrons. The van der Waals surface area contributed by atoms with Gasteiger partial charge in [-0.1, -0.05) is 38.1 Å². The van der Waals surface area contributed by atoms with Gasteiger partial charge in [-0.25, -0.2) is 0 Å². The molecule has 0 aliphatic rings. The van der Waals surface area contributed by atoms with Gasteiger partial charge in [-0.05, 0) is 36.1 Å². The number of furan rings is 1. The minimum absolute atomic E-state index is 0.241. The van der Waals surface area contributed by atoms with Crippen LogP contribution in [0.2, 0.25) is 0 Å². The van der Waals surface area contributed by atoms with E-state index in [-0.39, 0.29) is 6.04 Å². The highest BCUT2D eigenvalue weighted by atomic mass is 16.3. The first-order valence-electron chi connectivity index (χ1n) is 6.52. The molecule has 0 unspecified atom stereocenters. The van der Waals surface area contributed by atoms with Crippen molar-refractivity contribution in [2.24, 2.45) is 0 Å². The SMILES string of the molecule is CC(C)c1ccc(CN[C@@H](C)c2ccco2)cc1. The Morgan fingerprint density at radius 1 is 1.06 bits per heavy atom. The second kappa shape index (κ2) is 5.87. The first kappa shape index (κ1) is 12.9. The summed E-state index contributed by atoms with van der Waals surface area (Å²) < 4.78 is 5.37. The lowest BCUT2D eigenvalue weighted by Gasteiger charge is -2.12. The molecule has 1 aromatic carbocycles. The fraction of sp³-hybridized carbons (Fsp3) is 0.375. The van der Waals surface area contributed by atoms with Crippen molar-refractivity contribution < 1.29 is 4.42 Å². The summed E-state index contributed by atoms with van der Waals surface area (Å²) in [4.78, 5) is 0. The Morgan fingerprint density at radius 3 is 2.33 bits per heavy atom. The molecule has 2 nitrogen and oxygen atoms in total. The van der Waals surface area contributed by atoms with Crippen LogP contribution in [0.4, 0.5) is 0 Å². The lowest BCUT2D eigenvalue weighted by atomic mass is 10.0. The van der Waals surface area contributed by atoms with E-state index < -0.39 is 0 Å². The highest BCUT2D eigenvalue weighted by molar-refractivity contribution is 5.24. The fourth-order valence-electron chi connectivity index (χ4n) is 1.93. The number of hydrogen-bond donors (Lipinski definition) is 1. The van der Waals surface area contributed by atoms with Crippen molar-refractivity contribution in [2.75, 3.05) is 0 Å². The van der Waals surface area contributed by atoms with Crippen LogP contribution in [0.5, 0.6) is 0 Å². The number of rotatable bonds is 5. The molecule has 2 heteroatoms. The first-order chi connectivity index (χ1) is 8.66. The van der Waals surface area contributed by atoms with E-state index in [0.717, 1.165) is 12.3 Å². The van der Waals surface area contributed by atoms with Gasteiger partial charge in [0.2, 0.25) is 0 Å². The number of hydrogen-bond acceptors (Lipinski definition) is 2. The van der Waals surface area contributed by atoms with E-state index in [4.69, 9.17) is 4.42 Å². The molecule has 0 radical (unpaired) electrons. The topological polar surface area (TPSA) is 25.2 Å². The van der Waals surface area contributed by atoms with Crippen molar-refractivity contribution >= 4 is 0 Å². The summed E-state index contributed by atoms with van der Waals surface area (Å²) >= 11 is 0. The number of benzene rings is 1. The van der Waals surface area contributed by atoms with Crippen LogP contribution in [-0.2, 0) is 6.54 Å². The molecule has 0 saturated carbocycles. The van der Waals surface area contributed by atoms with Crippen LogP contribution in [0.3, 0.4) is 0 Å². The van der Waals surface area contributed by atoms with E-state index in [1.54, 1.807) is 6.26 Å². The Morgan fingerprint density at radius 2 is 1.78 bits per heavy atom. The van der Waals surface area contributed by atoms with Crippen LogP contribution >= 0.6 is 0 Å². The zero-order valence-electron chi connectivity index (χ0n) is 11.3. The summed E-state index contributed by atoms with van der Waals surface area (Å²) in [6, 6.07) is 13.0. The molecule has 2 rings (SSSR count). The van der Waals surface area contributed by atoms with Crippen molar-refractivity contribution in [1.82, 2.24) is 5.32 Å². The lowest BCUT2D eigenvalue weighted by molar-refractivity contribution is 0.430. The molecule has 1 aromatic heterocycles. The van der Waals surface area contributed by atoms with E-state index in [0.29, 0.717) is 5.92 Å². The molecule has 0 aliphatic heterocycles. The molecule has 0 fully saturated rings. The Hall–Kier alpha value is -1.54. The molecule has 0 saturated heterocycles. The van der Waals surface area contributed by atoms with Crippen LogP contribution in [0.25, 0.3) is 0 Å². The van der Waals surface area contributed by atoms with Crippen molar-refractivity contribution in [3.05, 3.63) is 59.5 Å². The van der Waals surface area contributed by atoms with Crippen molar-refractivity contribution in [3.8, 4) is 0 Å². The Labute approximate surface area is 109 Å². The van der Waals surface area contributed by atoms with Crippen molar-refractivity contribution in [1.29, 1.82) is 0 Å². The summed E-state index contributed by atoms with van der Waals surface area (Å²) in [6.45, 7) is 7.40. The highest BCUT2D eigenvalue weighted by Crippen LogP contribution is 2.16. The molecule has 0 aliphatic carbocycles. The van der Waals surface area contributed by atoms with Gasteiger partial charge in [0.15, 0.2) is 0 Å². The fourth-order valence-corrected chi connectivity index (χ4v) is 1.93. The normalized spacial score (nSPS) is 12.9. The van der Waals surface area contributed by atoms with Crippen LogP contribution in [0.15, 0.2) is 47.1 Å². The van der Waals surface area contributed by atoms with Gasteiger partial charge in [-0.2, -0.15) is 0 Å². The van der Waals surface area contributed by atoms with Crippen LogP contribution < -0.4 is 5.32 Å². The maximum Gasteiger partial charge on any atom is 0.120 e. The third kappa shape index (κ3) is 3.23. The van der Waals surface area contributed by atoms with Crippen LogP contribution in [0, 0.1) is 0 Å². The summed E-state index contributed by atoms with van der Waals surface area (Å²) in [7, 11) is 0. The summed E-state index contributed by atoms with van der Waals surface area (Å²) in [5.74, 6) is 1.57. The smallest absolute Gasteiger partial charge is 0.120 e. The Kier molecular flexibility index (Phi) is 4.21. The van der Waals surface area contributed by atoms with Crippen LogP contribution in [-0.4, -0.2) is 0 Å². The second-order valence-electron chi connectivity index (χ2n) is 5.01. The third-order valence-corrected chi connectivity index (χ3v) is 3.23. The van der Waals surface area contributed by atoms with Gasteiger partial charge in [0.25, 0.3) is 0 Å². The summed E-state index contributed by atoms with van der Waals surface area (Å²) in [5, 5.41) is 3.46. The standard InChI is InChI=1S/C16H21NO/c1-12(2)15-8-6-14(7-9-15)11-17-13(3)16-5-4-10-18-16/h4-10,12-13,17H,11H2,1-3H3/t13-/m0/s1. The van der Waals surface area contributed by atoms with Crippen molar-refractivity contribution in [2.45, 2.75) is 39.3 Å². The average molecular weight is 243 g/mol. The van der Waals surface area contributed by atoms with Gasteiger partial charge in [0, 0.05) is 6.54 Å². The predicted octanol–water partition coefficient (Wildman–Crippen LogP) is 4.25. The molecule has 2 aromatic rings. The molecule has 1 heterocycles. The van der Waals surface area contributed by atoms with Crippen LogP contribution in [0.1, 0.15) is 49.6 Å². The molecule has 1 N–H and O–H groups in total. The number of nitrogens with one attached hydrogen (secondary N) is 1. The lowest BCUT2D eigenvalue weighted by Crippen LogP contribution is -2.17. The largest absolute Gasteiger partial charge is 0.468 e. The van der Waals surface area contributed by atoms with E-state index in [1.807, 2.05) is 12.1 Å². The van der Waals surface area contributed by atoms with Gasteiger partial charge in [0.1, 0.15) is 5.76 Å². The minimum atomic E-state index is 0.241. The molecule has 1 atom stereocenters.